The lowest BCUT2D eigenvalue weighted by atomic mass is 10.3. The van der Waals surface area contributed by atoms with Crippen LogP contribution >= 0.6 is 11.8 Å². The van der Waals surface area contributed by atoms with Gasteiger partial charge in [0.2, 0.25) is 11.8 Å². The van der Waals surface area contributed by atoms with E-state index in [0.717, 1.165) is 11.8 Å². The number of para-hydroxylation sites is 2. The van der Waals surface area contributed by atoms with E-state index in [-0.39, 0.29) is 18.2 Å². The molecule has 2 rings (SSSR count). The molecule has 0 atom stereocenters. The number of nitrogens with zero attached hydrogens (tertiary/aromatic N) is 2. The Bertz CT molecular complexity index is 603. The maximum absolute atomic E-state index is 11.9. The Morgan fingerprint density at radius 1 is 1.43 bits per heavy atom. The number of nitrogens with two attached hydrogens (primary N) is 1. The van der Waals surface area contributed by atoms with Crippen LogP contribution in [0.25, 0.3) is 0 Å². The van der Waals surface area contributed by atoms with Crippen LogP contribution in [0.1, 0.15) is 12.8 Å². The Balaban J connectivity index is 1.89. The molecular formula is C13H16N4O3S. The van der Waals surface area contributed by atoms with Crippen molar-refractivity contribution < 1.29 is 13.9 Å². The molecule has 112 valence electrons. The van der Waals surface area contributed by atoms with E-state index in [9.17, 15) is 4.79 Å². The summed E-state index contributed by atoms with van der Waals surface area (Å²) in [6.45, 7) is 2.60. The van der Waals surface area contributed by atoms with Gasteiger partial charge >= 0.3 is 0 Å². The number of benzene rings is 1. The highest BCUT2D eigenvalue weighted by Gasteiger charge is 2.11. The lowest BCUT2D eigenvalue weighted by molar-refractivity contribution is -0.113. The molecule has 0 spiro atoms. The van der Waals surface area contributed by atoms with Crippen LogP contribution in [-0.2, 0) is 11.3 Å². The lowest BCUT2D eigenvalue weighted by Crippen LogP contribution is -2.14. The second-order valence-electron chi connectivity index (χ2n) is 3.93. The first-order valence-corrected chi connectivity index (χ1v) is 7.38. The third-order valence-electron chi connectivity index (χ3n) is 2.41. The molecule has 0 aliphatic rings. The van der Waals surface area contributed by atoms with Gasteiger partial charge in [0.25, 0.3) is 5.22 Å². The highest BCUT2D eigenvalue weighted by atomic mass is 32.2. The molecule has 0 bridgehead atoms. The molecule has 0 saturated heterocycles. The maximum Gasteiger partial charge on any atom is 0.277 e. The lowest BCUT2D eigenvalue weighted by Gasteiger charge is -2.10. The van der Waals surface area contributed by atoms with E-state index in [1.807, 2.05) is 19.1 Å². The van der Waals surface area contributed by atoms with Crippen molar-refractivity contribution in [2.75, 3.05) is 17.7 Å². The topological polar surface area (TPSA) is 103 Å². The number of ether oxygens (including phenoxy) is 1. The standard InChI is InChI=1S/C13H16N4O3S/c1-2-19-10-6-4-3-5-9(10)15-11(18)8-21-13-17-16-12(7-14)20-13/h3-6H,2,7-8,14H2,1H3,(H,15,18). The first kappa shape index (κ1) is 15.3. The van der Waals surface area contributed by atoms with Crippen molar-refractivity contribution in [1.29, 1.82) is 0 Å². The van der Waals surface area contributed by atoms with E-state index in [1.54, 1.807) is 12.1 Å². The summed E-state index contributed by atoms with van der Waals surface area (Å²) < 4.78 is 10.6. The number of hydrogen-bond acceptors (Lipinski definition) is 7. The minimum absolute atomic E-state index is 0.159. The maximum atomic E-state index is 11.9. The smallest absolute Gasteiger partial charge is 0.277 e. The summed E-state index contributed by atoms with van der Waals surface area (Å²) in [6.07, 6.45) is 0. The van der Waals surface area contributed by atoms with Crippen LogP contribution in [0.15, 0.2) is 33.9 Å². The van der Waals surface area contributed by atoms with Crippen LogP contribution in [0.3, 0.4) is 0 Å². The number of thioether (sulfide) groups is 1. The van der Waals surface area contributed by atoms with E-state index in [2.05, 4.69) is 15.5 Å². The molecule has 0 unspecified atom stereocenters. The van der Waals surface area contributed by atoms with Gasteiger partial charge in [-0.25, -0.2) is 0 Å². The molecule has 1 aromatic carbocycles. The fraction of sp³-hybridized carbons (Fsp3) is 0.308. The van der Waals surface area contributed by atoms with Crippen LogP contribution < -0.4 is 15.8 Å². The van der Waals surface area contributed by atoms with Crippen LogP contribution in [0.2, 0.25) is 0 Å². The van der Waals surface area contributed by atoms with Crippen molar-refractivity contribution in [2.24, 2.45) is 5.73 Å². The van der Waals surface area contributed by atoms with Gasteiger partial charge in [0.15, 0.2) is 0 Å². The molecule has 0 fully saturated rings. The first-order valence-electron chi connectivity index (χ1n) is 6.39. The van der Waals surface area contributed by atoms with Gasteiger partial charge < -0.3 is 20.2 Å². The second kappa shape index (κ2) is 7.65. The van der Waals surface area contributed by atoms with Crippen molar-refractivity contribution in [2.45, 2.75) is 18.7 Å². The molecule has 1 amide bonds. The fourth-order valence-electron chi connectivity index (χ4n) is 1.54. The number of carbonyl (C=O) groups excluding carboxylic acids is 1. The first-order chi connectivity index (χ1) is 10.2. The summed E-state index contributed by atoms with van der Waals surface area (Å²) in [6, 6.07) is 7.27. The third-order valence-corrected chi connectivity index (χ3v) is 3.23. The molecule has 2 aromatic rings. The SMILES string of the molecule is CCOc1ccccc1NC(=O)CSc1nnc(CN)o1. The monoisotopic (exact) mass is 308 g/mol. The largest absolute Gasteiger partial charge is 0.492 e. The molecule has 0 radical (unpaired) electrons. The van der Waals surface area contributed by atoms with Crippen molar-refractivity contribution in [3.05, 3.63) is 30.2 Å². The summed E-state index contributed by atoms with van der Waals surface area (Å²) in [4.78, 5) is 11.9. The van der Waals surface area contributed by atoms with E-state index in [4.69, 9.17) is 14.9 Å². The van der Waals surface area contributed by atoms with Crippen LogP contribution in [0.5, 0.6) is 5.75 Å². The van der Waals surface area contributed by atoms with Gasteiger partial charge in [-0.15, -0.1) is 10.2 Å². The van der Waals surface area contributed by atoms with E-state index in [0.29, 0.717) is 29.2 Å². The average Bonchev–Trinajstić information content (AvgIpc) is 2.95. The zero-order valence-corrected chi connectivity index (χ0v) is 12.4. The Morgan fingerprint density at radius 2 is 2.24 bits per heavy atom. The van der Waals surface area contributed by atoms with E-state index < -0.39 is 0 Å². The second-order valence-corrected chi connectivity index (χ2v) is 4.86. The summed E-state index contributed by atoms with van der Waals surface area (Å²) in [5.74, 6) is 0.966. The van der Waals surface area contributed by atoms with Crippen LogP contribution in [0.4, 0.5) is 5.69 Å². The van der Waals surface area contributed by atoms with Gasteiger partial charge in [0.1, 0.15) is 5.75 Å². The Morgan fingerprint density at radius 3 is 2.95 bits per heavy atom. The number of rotatable bonds is 7. The molecule has 0 aliphatic carbocycles. The molecule has 21 heavy (non-hydrogen) atoms. The summed E-state index contributed by atoms with van der Waals surface area (Å²) in [7, 11) is 0. The number of aromatic nitrogens is 2. The van der Waals surface area contributed by atoms with Crippen LogP contribution in [-0.4, -0.2) is 28.5 Å². The molecule has 1 heterocycles. The fourth-order valence-corrected chi connectivity index (χ4v) is 2.12. The van der Waals surface area contributed by atoms with E-state index >= 15 is 0 Å². The minimum Gasteiger partial charge on any atom is -0.492 e. The van der Waals surface area contributed by atoms with Gasteiger partial charge in [-0.3, -0.25) is 4.79 Å². The van der Waals surface area contributed by atoms with Gasteiger partial charge in [0, 0.05) is 0 Å². The van der Waals surface area contributed by atoms with Crippen molar-refractivity contribution in [1.82, 2.24) is 10.2 Å². The van der Waals surface area contributed by atoms with Gasteiger partial charge in [-0.2, -0.15) is 0 Å². The zero-order chi connectivity index (χ0) is 15.1. The normalized spacial score (nSPS) is 10.4. The molecular weight excluding hydrogens is 292 g/mol. The molecule has 7 nitrogen and oxygen atoms in total. The van der Waals surface area contributed by atoms with Gasteiger partial charge in [-0.1, -0.05) is 23.9 Å². The quantitative estimate of drug-likeness (QED) is 0.750. The number of hydrogen-bond donors (Lipinski definition) is 2. The predicted octanol–water partition coefficient (Wildman–Crippen LogP) is 1.66. The Kier molecular flexibility index (Phi) is 5.59. The van der Waals surface area contributed by atoms with Crippen molar-refractivity contribution in [3.8, 4) is 5.75 Å². The Hall–Kier alpha value is -2.06. The van der Waals surface area contributed by atoms with Crippen LogP contribution in [0, 0.1) is 0 Å². The third kappa shape index (κ3) is 4.47. The molecule has 8 heteroatoms. The highest BCUT2D eigenvalue weighted by Crippen LogP contribution is 2.24. The average molecular weight is 308 g/mol. The minimum atomic E-state index is -0.181. The summed E-state index contributed by atoms with van der Waals surface area (Å²) in [5, 5.41) is 10.6. The molecule has 3 N–H and O–H groups in total. The number of anilines is 1. The number of amides is 1. The van der Waals surface area contributed by atoms with Gasteiger partial charge in [-0.05, 0) is 19.1 Å². The van der Waals surface area contributed by atoms with Crippen molar-refractivity contribution >= 4 is 23.4 Å². The zero-order valence-electron chi connectivity index (χ0n) is 11.5. The molecule has 1 aromatic heterocycles. The molecule has 0 saturated carbocycles. The predicted molar refractivity (Wildman–Crippen MR) is 79.2 cm³/mol. The summed E-state index contributed by atoms with van der Waals surface area (Å²) in [5.41, 5.74) is 6.00. The number of nitrogens with one attached hydrogen (secondary N) is 1. The highest BCUT2D eigenvalue weighted by molar-refractivity contribution is 7.99. The van der Waals surface area contributed by atoms with E-state index in [1.165, 1.54) is 0 Å². The summed E-state index contributed by atoms with van der Waals surface area (Å²) >= 11 is 1.15. The Labute approximate surface area is 126 Å². The number of carbonyl (C=O) groups is 1. The van der Waals surface area contributed by atoms with Gasteiger partial charge in [0.05, 0.1) is 24.6 Å². The van der Waals surface area contributed by atoms with Crippen molar-refractivity contribution in [3.63, 3.8) is 0 Å². The molecule has 0 aliphatic heterocycles.